The molecule has 2 atom stereocenters. The summed E-state index contributed by atoms with van der Waals surface area (Å²) < 4.78 is 38.1. The predicted molar refractivity (Wildman–Crippen MR) is 164 cm³/mol. The van der Waals surface area contributed by atoms with Gasteiger partial charge < -0.3 is 32.2 Å². The van der Waals surface area contributed by atoms with Crippen molar-refractivity contribution in [3.8, 4) is 0 Å². The molecule has 0 bridgehead atoms. The van der Waals surface area contributed by atoms with Crippen LogP contribution in [0.3, 0.4) is 0 Å². The zero-order valence-electron chi connectivity index (χ0n) is 28.8. The van der Waals surface area contributed by atoms with Gasteiger partial charge in [0, 0.05) is 27.4 Å². The van der Waals surface area contributed by atoms with Gasteiger partial charge in [0.2, 0.25) is 6.79 Å². The third-order valence-corrected chi connectivity index (χ3v) is 11.1. The Morgan fingerprint density at radius 2 is 1.02 bits per heavy atom. The Balaban J connectivity index is 5.92. The van der Waals surface area contributed by atoms with E-state index in [9.17, 15) is 19.2 Å². The Morgan fingerprint density at radius 1 is 0.558 bits per heavy atom. The van der Waals surface area contributed by atoms with Gasteiger partial charge >= 0.3 is 32.7 Å². The first-order valence-electron chi connectivity index (χ1n) is 15.2. The van der Waals surface area contributed by atoms with Crippen LogP contribution in [0.1, 0.15) is 107 Å². The van der Waals surface area contributed by atoms with Gasteiger partial charge in [0.25, 0.3) is 0 Å². The van der Waals surface area contributed by atoms with Crippen LogP contribution in [0, 0.1) is 21.7 Å². The molecule has 0 heterocycles. The van der Waals surface area contributed by atoms with Crippen molar-refractivity contribution in [3.05, 3.63) is 0 Å². The minimum absolute atomic E-state index is 0.0107. The maximum absolute atomic E-state index is 13.7. The van der Waals surface area contributed by atoms with Gasteiger partial charge in [-0.2, -0.15) is 0 Å². The highest BCUT2D eigenvalue weighted by molar-refractivity contribution is 6.60. The Morgan fingerprint density at radius 3 is 1.47 bits per heavy atom. The van der Waals surface area contributed by atoms with Gasteiger partial charge in [-0.1, -0.05) is 27.2 Å². The van der Waals surface area contributed by atoms with Crippen molar-refractivity contribution in [2.45, 2.75) is 113 Å². The number of hydrogen-bond donors (Lipinski definition) is 0. The van der Waals surface area contributed by atoms with Crippen LogP contribution < -0.4 is 0 Å². The Bertz CT molecular complexity index is 892. The van der Waals surface area contributed by atoms with Crippen LogP contribution in [-0.2, 0) is 51.4 Å². The fraction of sp³-hybridized carbons (Fsp3) is 0.871. The highest BCUT2D eigenvalue weighted by Crippen LogP contribution is 2.46. The maximum atomic E-state index is 13.7. The summed E-state index contributed by atoms with van der Waals surface area (Å²) in [6, 6.07) is 0.433. The highest BCUT2D eigenvalue weighted by atomic mass is 28.4. The third-order valence-electron chi connectivity index (χ3n) is 8.27. The second-order valence-corrected chi connectivity index (χ2v) is 16.0. The summed E-state index contributed by atoms with van der Waals surface area (Å²) in [5.41, 5.74) is -4.17. The van der Waals surface area contributed by atoms with E-state index in [1.807, 2.05) is 20.8 Å². The first-order chi connectivity index (χ1) is 19.9. The van der Waals surface area contributed by atoms with E-state index in [2.05, 4.69) is 0 Å². The minimum atomic E-state index is -2.85. The zero-order chi connectivity index (χ0) is 33.5. The highest BCUT2D eigenvalue weighted by Gasteiger charge is 2.50. The van der Waals surface area contributed by atoms with Gasteiger partial charge in [0.1, 0.15) is 0 Å². The summed E-state index contributed by atoms with van der Waals surface area (Å²) in [6.07, 6.45) is 3.12. The molecule has 0 aromatic rings. The molecule has 0 aliphatic rings. The molecule has 11 nitrogen and oxygen atoms in total. The van der Waals surface area contributed by atoms with Gasteiger partial charge in [-0.3, -0.25) is 19.2 Å². The van der Waals surface area contributed by atoms with E-state index in [0.29, 0.717) is 31.9 Å². The summed E-state index contributed by atoms with van der Waals surface area (Å²) in [5.74, 6) is -2.07. The van der Waals surface area contributed by atoms with E-state index < -0.39 is 61.1 Å². The van der Waals surface area contributed by atoms with Gasteiger partial charge in [-0.05, 0) is 80.1 Å². The molecular weight excluding hydrogens is 576 g/mol. The second kappa shape index (κ2) is 18.1. The summed E-state index contributed by atoms with van der Waals surface area (Å²) in [7, 11) is 1.69. The molecule has 12 heteroatoms. The number of carbonyl (C=O) groups is 4. The van der Waals surface area contributed by atoms with Crippen molar-refractivity contribution < 1.29 is 51.4 Å². The molecule has 43 heavy (non-hydrogen) atoms. The molecule has 0 rings (SSSR count). The smallest absolute Gasteiger partial charge is 0.465 e. The molecule has 0 saturated heterocycles. The van der Waals surface area contributed by atoms with Crippen LogP contribution in [0.2, 0.25) is 6.04 Å². The lowest BCUT2D eigenvalue weighted by Crippen LogP contribution is -2.45. The molecule has 0 amide bonds. The second-order valence-electron chi connectivity index (χ2n) is 13.0. The molecule has 252 valence electrons. The first-order valence-corrected chi connectivity index (χ1v) is 17.2. The monoisotopic (exact) mass is 634 g/mol. The molecule has 0 aliphatic carbocycles. The maximum Gasteiger partial charge on any atom is 0.500 e. The van der Waals surface area contributed by atoms with Gasteiger partial charge in [0.15, 0.2) is 0 Å². The Labute approximate surface area is 260 Å². The van der Waals surface area contributed by atoms with Crippen LogP contribution in [0.4, 0.5) is 0 Å². The van der Waals surface area contributed by atoms with Crippen molar-refractivity contribution in [2.24, 2.45) is 21.7 Å². The molecule has 0 fully saturated rings. The topological polar surface area (TPSA) is 133 Å². The van der Waals surface area contributed by atoms with E-state index in [1.54, 1.807) is 41.5 Å². The van der Waals surface area contributed by atoms with Crippen LogP contribution >= 0.6 is 0 Å². The fourth-order valence-electron chi connectivity index (χ4n) is 4.80. The first kappa shape index (κ1) is 41.0. The summed E-state index contributed by atoms with van der Waals surface area (Å²) in [6.45, 7) is 15.8. The largest absolute Gasteiger partial charge is 0.500 e. The van der Waals surface area contributed by atoms with E-state index in [1.165, 1.54) is 21.3 Å². The number of carbonyl (C=O) groups excluding carboxylic acids is 4. The van der Waals surface area contributed by atoms with E-state index in [-0.39, 0.29) is 19.4 Å². The van der Waals surface area contributed by atoms with E-state index >= 15 is 0 Å². The van der Waals surface area contributed by atoms with Gasteiger partial charge in [-0.25, -0.2) is 0 Å². The lowest BCUT2D eigenvalue weighted by molar-refractivity contribution is -0.181. The summed E-state index contributed by atoms with van der Waals surface area (Å²) >= 11 is 0. The van der Waals surface area contributed by atoms with Gasteiger partial charge in [-0.15, -0.1) is 0 Å². The number of esters is 4. The number of rotatable bonds is 22. The number of hydrogen-bond acceptors (Lipinski definition) is 11. The molecular formula is C31H58O11Si. The van der Waals surface area contributed by atoms with E-state index in [0.717, 1.165) is 12.8 Å². The van der Waals surface area contributed by atoms with Crippen molar-refractivity contribution in [1.29, 1.82) is 0 Å². The number of unbranched alkanes of at least 4 members (excludes halogenated alkanes) is 1. The molecule has 0 aromatic carbocycles. The average Bonchev–Trinajstić information content (AvgIpc) is 2.96. The van der Waals surface area contributed by atoms with Crippen molar-refractivity contribution in [1.82, 2.24) is 0 Å². The lowest BCUT2D eigenvalue weighted by Gasteiger charge is -2.39. The Kier molecular flexibility index (Phi) is 17.2. The van der Waals surface area contributed by atoms with Crippen molar-refractivity contribution in [3.63, 3.8) is 0 Å². The van der Waals surface area contributed by atoms with Crippen molar-refractivity contribution >= 4 is 32.7 Å². The molecule has 0 spiro atoms. The van der Waals surface area contributed by atoms with E-state index in [4.69, 9.17) is 32.2 Å². The zero-order valence-corrected chi connectivity index (χ0v) is 29.8. The molecule has 0 aliphatic heterocycles. The van der Waals surface area contributed by atoms with Crippen LogP contribution in [-0.4, -0.2) is 74.0 Å². The summed E-state index contributed by atoms with van der Waals surface area (Å²) in [4.78, 5) is 52.4. The third kappa shape index (κ3) is 12.5. The number of ether oxygens (including phenoxy) is 4. The normalized spacial score (nSPS) is 15.2. The fourth-order valence-corrected chi connectivity index (χ4v) is 6.49. The predicted octanol–water partition coefficient (Wildman–Crippen LogP) is 5.85. The molecule has 2 unspecified atom stereocenters. The lowest BCUT2D eigenvalue weighted by atomic mass is 9.65. The quantitative estimate of drug-likeness (QED) is 0.0467. The van der Waals surface area contributed by atoms with Gasteiger partial charge in [0.05, 0.1) is 34.9 Å². The SMILES string of the molecule is CCCCOC(=O)C(C)(CC)CC(C)(CC(C)(C)C(=O)OCOC(=O)C(C)(C)CC)C(=O)OCCC[Si](OC)(OC)OC. The average molecular weight is 635 g/mol. The molecule has 0 N–H and O–H groups in total. The molecule has 0 radical (unpaired) electrons. The minimum Gasteiger partial charge on any atom is -0.465 e. The van der Waals surface area contributed by atoms with Crippen molar-refractivity contribution in [2.75, 3.05) is 41.3 Å². The van der Waals surface area contributed by atoms with Crippen LogP contribution in [0.5, 0.6) is 0 Å². The van der Waals surface area contributed by atoms with Crippen LogP contribution in [0.25, 0.3) is 0 Å². The standard InChI is InChI=1S/C31H58O11Si/c1-13-16-18-39-26(34)30(8,15-3)22-31(9,27(35)40-19-17-20-43(36-10,37-11)38-12)21-29(6,7)25(33)42-23-41-24(32)28(4,5)14-2/h13-23H2,1-12H3. The van der Waals surface area contributed by atoms with Crippen LogP contribution in [0.15, 0.2) is 0 Å². The Hall–Kier alpha value is -2.02. The molecule has 0 saturated carbocycles. The molecule has 0 aromatic heterocycles. The summed E-state index contributed by atoms with van der Waals surface area (Å²) in [5, 5.41) is 0.